The van der Waals surface area contributed by atoms with Crippen molar-refractivity contribution in [1.29, 1.82) is 0 Å². The standard InChI is InChI=1S/C19H20N2O2S2/c22-17(20-15-10-4-5-11-15)13-21-18(23)16(25-19(21)24)12-6-9-14-7-2-1-3-8-14/h1-3,6-9,12,15H,4-5,10-11,13H2,(H,20,22)/b9-6+,16-12-. The van der Waals surface area contributed by atoms with Crippen molar-refractivity contribution in [2.24, 2.45) is 0 Å². The molecule has 0 radical (unpaired) electrons. The number of thiocarbonyl (C=S) groups is 1. The van der Waals surface area contributed by atoms with Gasteiger partial charge in [0, 0.05) is 6.04 Å². The Morgan fingerprint density at radius 2 is 2.00 bits per heavy atom. The molecule has 0 unspecified atom stereocenters. The smallest absolute Gasteiger partial charge is 0.266 e. The molecule has 1 saturated heterocycles. The van der Waals surface area contributed by atoms with Gasteiger partial charge in [-0.15, -0.1) is 0 Å². The SMILES string of the molecule is O=C(CN1C(=O)/C(=C/C=C/c2ccccc2)SC1=S)NC1CCCC1. The molecule has 2 fully saturated rings. The minimum absolute atomic E-state index is 0.000899. The molecule has 4 nitrogen and oxygen atoms in total. The van der Waals surface area contributed by atoms with E-state index in [1.807, 2.05) is 42.5 Å². The molecule has 0 spiro atoms. The summed E-state index contributed by atoms with van der Waals surface area (Å²) >= 11 is 6.50. The van der Waals surface area contributed by atoms with Gasteiger partial charge in [0.1, 0.15) is 10.9 Å². The van der Waals surface area contributed by atoms with Crippen molar-refractivity contribution in [3.63, 3.8) is 0 Å². The van der Waals surface area contributed by atoms with Gasteiger partial charge >= 0.3 is 0 Å². The van der Waals surface area contributed by atoms with Crippen LogP contribution in [0.1, 0.15) is 31.2 Å². The maximum atomic E-state index is 12.5. The lowest BCUT2D eigenvalue weighted by Crippen LogP contribution is -2.42. The van der Waals surface area contributed by atoms with Gasteiger partial charge in [-0.1, -0.05) is 79.3 Å². The highest BCUT2D eigenvalue weighted by Crippen LogP contribution is 2.30. The Labute approximate surface area is 157 Å². The largest absolute Gasteiger partial charge is 0.352 e. The lowest BCUT2D eigenvalue weighted by Gasteiger charge is -2.17. The second-order valence-corrected chi connectivity index (χ2v) is 7.78. The second-order valence-electron chi connectivity index (χ2n) is 6.11. The maximum absolute atomic E-state index is 12.5. The fourth-order valence-electron chi connectivity index (χ4n) is 2.95. The van der Waals surface area contributed by atoms with Crippen molar-refractivity contribution in [3.8, 4) is 0 Å². The summed E-state index contributed by atoms with van der Waals surface area (Å²) in [6.45, 7) is 0.000899. The second kappa shape index (κ2) is 8.45. The van der Waals surface area contributed by atoms with Crippen molar-refractivity contribution in [2.75, 3.05) is 6.54 Å². The molecule has 0 bridgehead atoms. The zero-order chi connectivity index (χ0) is 17.6. The summed E-state index contributed by atoms with van der Waals surface area (Å²) in [4.78, 5) is 26.5. The van der Waals surface area contributed by atoms with E-state index in [9.17, 15) is 9.59 Å². The van der Waals surface area contributed by atoms with Gasteiger partial charge < -0.3 is 5.32 Å². The Morgan fingerprint density at radius 1 is 1.28 bits per heavy atom. The number of thioether (sulfide) groups is 1. The van der Waals surface area contributed by atoms with Gasteiger partial charge in [0.25, 0.3) is 5.91 Å². The molecule has 25 heavy (non-hydrogen) atoms. The number of nitrogens with one attached hydrogen (secondary N) is 1. The number of carbonyl (C=O) groups is 2. The molecule has 1 aliphatic heterocycles. The molecule has 1 heterocycles. The summed E-state index contributed by atoms with van der Waals surface area (Å²) in [5.74, 6) is -0.335. The first-order valence-electron chi connectivity index (χ1n) is 8.40. The summed E-state index contributed by atoms with van der Waals surface area (Å²) in [5.41, 5.74) is 1.06. The van der Waals surface area contributed by atoms with E-state index < -0.39 is 0 Å². The van der Waals surface area contributed by atoms with Gasteiger partial charge in [-0.2, -0.15) is 0 Å². The van der Waals surface area contributed by atoms with Crippen LogP contribution in [0.25, 0.3) is 6.08 Å². The van der Waals surface area contributed by atoms with Crippen LogP contribution in [-0.2, 0) is 9.59 Å². The molecule has 1 saturated carbocycles. The van der Waals surface area contributed by atoms with Gasteiger partial charge in [-0.25, -0.2) is 0 Å². The topological polar surface area (TPSA) is 49.4 Å². The predicted octanol–water partition coefficient (Wildman–Crippen LogP) is 3.50. The normalized spacial score (nSPS) is 20.2. The molecule has 1 N–H and O–H groups in total. The van der Waals surface area contributed by atoms with E-state index in [2.05, 4.69) is 5.32 Å². The number of nitrogens with zero attached hydrogens (tertiary/aromatic N) is 1. The number of rotatable bonds is 5. The maximum Gasteiger partial charge on any atom is 0.266 e. The number of hydrogen-bond donors (Lipinski definition) is 1. The van der Waals surface area contributed by atoms with Gasteiger partial charge in [0.05, 0.1) is 4.91 Å². The summed E-state index contributed by atoms with van der Waals surface area (Å²) in [5, 5.41) is 2.99. The first-order chi connectivity index (χ1) is 12.1. The van der Waals surface area contributed by atoms with Crippen LogP contribution in [0.3, 0.4) is 0 Å². The third kappa shape index (κ3) is 4.80. The summed E-state index contributed by atoms with van der Waals surface area (Å²) in [6, 6.07) is 10.1. The third-order valence-electron chi connectivity index (χ3n) is 4.23. The Balaban J connectivity index is 1.58. The van der Waals surface area contributed by atoms with Crippen molar-refractivity contribution in [3.05, 3.63) is 53.0 Å². The fourth-order valence-corrected chi connectivity index (χ4v) is 4.15. The Bertz CT molecular complexity index is 722. The number of amides is 2. The van der Waals surface area contributed by atoms with E-state index in [0.717, 1.165) is 31.2 Å². The van der Waals surface area contributed by atoms with Crippen LogP contribution in [0, 0.1) is 0 Å². The van der Waals surface area contributed by atoms with E-state index in [0.29, 0.717) is 9.23 Å². The Hall–Kier alpha value is -1.92. The summed E-state index contributed by atoms with van der Waals surface area (Å²) < 4.78 is 0.436. The summed E-state index contributed by atoms with van der Waals surface area (Å²) in [7, 11) is 0. The number of allylic oxidation sites excluding steroid dienone is 2. The number of hydrogen-bond acceptors (Lipinski definition) is 4. The minimum atomic E-state index is -0.200. The first kappa shape index (κ1) is 17.9. The predicted molar refractivity (Wildman–Crippen MR) is 106 cm³/mol. The lowest BCUT2D eigenvalue weighted by molar-refractivity contribution is -0.129. The molecule has 1 aromatic carbocycles. The Kier molecular flexibility index (Phi) is 6.04. The van der Waals surface area contributed by atoms with Crippen molar-refractivity contribution in [1.82, 2.24) is 10.2 Å². The summed E-state index contributed by atoms with van der Waals surface area (Å²) in [6.07, 6.45) is 9.87. The van der Waals surface area contributed by atoms with Gasteiger partial charge in [0.15, 0.2) is 0 Å². The van der Waals surface area contributed by atoms with E-state index in [1.165, 1.54) is 16.7 Å². The van der Waals surface area contributed by atoms with Crippen LogP contribution in [0.4, 0.5) is 0 Å². The van der Waals surface area contributed by atoms with Gasteiger partial charge in [0.2, 0.25) is 5.91 Å². The van der Waals surface area contributed by atoms with Crippen molar-refractivity contribution < 1.29 is 9.59 Å². The van der Waals surface area contributed by atoms with Crippen LogP contribution in [0.2, 0.25) is 0 Å². The molecule has 1 aromatic rings. The molecular formula is C19H20N2O2S2. The van der Waals surface area contributed by atoms with Crippen LogP contribution < -0.4 is 5.32 Å². The molecule has 2 amide bonds. The highest BCUT2D eigenvalue weighted by molar-refractivity contribution is 8.26. The molecule has 1 aliphatic carbocycles. The molecule has 6 heteroatoms. The van der Waals surface area contributed by atoms with E-state index in [1.54, 1.807) is 6.08 Å². The third-order valence-corrected chi connectivity index (χ3v) is 5.63. The van der Waals surface area contributed by atoms with Gasteiger partial charge in [-0.05, 0) is 24.5 Å². The number of benzene rings is 1. The lowest BCUT2D eigenvalue weighted by atomic mass is 10.2. The molecule has 0 atom stereocenters. The highest BCUT2D eigenvalue weighted by Gasteiger charge is 2.33. The van der Waals surface area contributed by atoms with Crippen LogP contribution in [-0.4, -0.2) is 33.6 Å². The average Bonchev–Trinajstić information content (AvgIpc) is 3.20. The van der Waals surface area contributed by atoms with E-state index in [-0.39, 0.29) is 24.4 Å². The average molecular weight is 373 g/mol. The molecule has 3 rings (SSSR count). The number of carbonyl (C=O) groups excluding carboxylic acids is 2. The zero-order valence-corrected chi connectivity index (χ0v) is 15.4. The highest BCUT2D eigenvalue weighted by atomic mass is 32.2. The van der Waals surface area contributed by atoms with Crippen LogP contribution in [0.5, 0.6) is 0 Å². The monoisotopic (exact) mass is 372 g/mol. The Morgan fingerprint density at radius 3 is 2.72 bits per heavy atom. The van der Waals surface area contributed by atoms with Crippen molar-refractivity contribution >= 4 is 46.2 Å². The minimum Gasteiger partial charge on any atom is -0.352 e. The quantitative estimate of drug-likeness (QED) is 0.635. The molecule has 130 valence electrons. The first-order valence-corrected chi connectivity index (χ1v) is 9.62. The molecule has 2 aliphatic rings. The fraction of sp³-hybridized carbons (Fsp3) is 0.316. The zero-order valence-electron chi connectivity index (χ0n) is 13.8. The van der Waals surface area contributed by atoms with E-state index >= 15 is 0 Å². The van der Waals surface area contributed by atoms with Crippen LogP contribution in [0.15, 0.2) is 47.4 Å². The molecular weight excluding hydrogens is 352 g/mol. The van der Waals surface area contributed by atoms with Gasteiger partial charge in [-0.3, -0.25) is 14.5 Å². The van der Waals surface area contributed by atoms with Crippen LogP contribution >= 0.6 is 24.0 Å². The van der Waals surface area contributed by atoms with Crippen molar-refractivity contribution in [2.45, 2.75) is 31.7 Å². The molecule has 0 aromatic heterocycles. The van der Waals surface area contributed by atoms with E-state index in [4.69, 9.17) is 12.2 Å².